The number of hydrogen-bond donors (Lipinski definition) is 0. The highest BCUT2D eigenvalue weighted by Crippen LogP contribution is 2.42. The lowest BCUT2D eigenvalue weighted by molar-refractivity contribution is -0.384. The van der Waals surface area contributed by atoms with E-state index in [0.717, 1.165) is 48.4 Å². The van der Waals surface area contributed by atoms with Gasteiger partial charge >= 0.3 is 11.9 Å². The number of hydrogen-bond acceptors (Lipinski definition) is 7. The van der Waals surface area contributed by atoms with Crippen molar-refractivity contribution in [3.05, 3.63) is 46.0 Å². The van der Waals surface area contributed by atoms with Crippen LogP contribution >= 0.6 is 0 Å². The predicted octanol–water partition coefficient (Wildman–Crippen LogP) is 2.57. The summed E-state index contributed by atoms with van der Waals surface area (Å²) in [5, 5.41) is 11.9. The summed E-state index contributed by atoms with van der Waals surface area (Å²) < 4.78 is 6.61. The first-order chi connectivity index (χ1) is 13.8. The summed E-state index contributed by atoms with van der Waals surface area (Å²) in [7, 11) is 0. The molecule has 29 heavy (non-hydrogen) atoms. The number of carbonyl (C=O) groups is 2. The molecule has 0 saturated carbocycles. The Morgan fingerprint density at radius 2 is 1.83 bits per heavy atom. The van der Waals surface area contributed by atoms with E-state index in [0.29, 0.717) is 16.9 Å². The first kappa shape index (κ1) is 19.1. The Morgan fingerprint density at radius 3 is 2.48 bits per heavy atom. The lowest BCUT2D eigenvalue weighted by Crippen LogP contribution is -2.38. The Hall–Kier alpha value is -3.20. The molecule has 3 heterocycles. The van der Waals surface area contributed by atoms with Gasteiger partial charge < -0.3 is 14.5 Å². The number of nitro benzene ring substituents is 1. The van der Waals surface area contributed by atoms with Crippen molar-refractivity contribution in [3.8, 4) is 5.88 Å². The van der Waals surface area contributed by atoms with Gasteiger partial charge in [0.05, 0.1) is 10.4 Å². The average molecular weight is 399 g/mol. The molecule has 0 aliphatic carbocycles. The number of likely N-dealkylation sites (tertiary alicyclic amines) is 1. The molecule has 152 valence electrons. The van der Waals surface area contributed by atoms with E-state index in [1.54, 1.807) is 6.07 Å². The molecule has 0 unspecified atom stereocenters. The van der Waals surface area contributed by atoms with Gasteiger partial charge in [-0.2, -0.15) is 0 Å². The Kier molecular flexibility index (Phi) is 4.83. The molecule has 0 atom stereocenters. The van der Waals surface area contributed by atoms with Gasteiger partial charge in [-0.1, -0.05) is 0 Å². The molecular formula is C20H21N3O6. The minimum atomic E-state index is -0.757. The maximum atomic E-state index is 12.1. The zero-order valence-corrected chi connectivity index (χ0v) is 16.2. The summed E-state index contributed by atoms with van der Waals surface area (Å²) in [6.07, 6.45) is 3.65. The number of esters is 1. The van der Waals surface area contributed by atoms with Crippen molar-refractivity contribution < 1.29 is 24.1 Å². The second-order valence-electron chi connectivity index (χ2n) is 7.54. The molecule has 0 radical (unpaired) electrons. The third-order valence-corrected chi connectivity index (χ3v) is 5.52. The number of nitro groups is 1. The van der Waals surface area contributed by atoms with Gasteiger partial charge in [0.1, 0.15) is 0 Å². The molecule has 2 aliphatic rings. The monoisotopic (exact) mass is 399 g/mol. The fourth-order valence-electron chi connectivity index (χ4n) is 4.04. The lowest BCUT2D eigenvalue weighted by Gasteiger charge is -2.34. The smallest absolute Gasteiger partial charge is 0.356 e. The van der Waals surface area contributed by atoms with Gasteiger partial charge in [-0.05, 0) is 51.8 Å². The van der Waals surface area contributed by atoms with Crippen LogP contribution in [0.15, 0.2) is 30.4 Å². The van der Waals surface area contributed by atoms with Crippen LogP contribution in [-0.4, -0.2) is 45.6 Å². The van der Waals surface area contributed by atoms with Crippen LogP contribution in [0, 0.1) is 10.1 Å². The fourth-order valence-corrected chi connectivity index (χ4v) is 4.04. The van der Waals surface area contributed by atoms with Crippen LogP contribution < -0.4 is 9.57 Å². The van der Waals surface area contributed by atoms with Gasteiger partial charge in [0.15, 0.2) is 0 Å². The number of aromatic nitrogens is 1. The molecule has 1 fully saturated rings. The molecule has 0 N–H and O–H groups in total. The van der Waals surface area contributed by atoms with Crippen molar-refractivity contribution in [1.29, 1.82) is 0 Å². The van der Waals surface area contributed by atoms with E-state index in [1.165, 1.54) is 12.1 Å². The Labute approximate surface area is 166 Å². The van der Waals surface area contributed by atoms with E-state index in [4.69, 9.17) is 9.57 Å². The molecule has 9 heteroatoms. The maximum Gasteiger partial charge on any atom is 0.356 e. The quantitative estimate of drug-likeness (QED) is 0.444. The molecular weight excluding hydrogens is 378 g/mol. The summed E-state index contributed by atoms with van der Waals surface area (Å²) in [4.78, 5) is 42.6. The molecule has 0 bridgehead atoms. The Balaban J connectivity index is 1.86. The van der Waals surface area contributed by atoms with Crippen LogP contribution in [0.1, 0.15) is 38.2 Å². The van der Waals surface area contributed by atoms with E-state index in [1.807, 2.05) is 0 Å². The summed E-state index contributed by atoms with van der Waals surface area (Å²) in [6, 6.07) is 4.81. The molecule has 4 rings (SSSR count). The molecule has 0 spiro atoms. The second-order valence-corrected chi connectivity index (χ2v) is 7.54. The molecule has 1 saturated heterocycles. The van der Waals surface area contributed by atoms with E-state index >= 15 is 0 Å². The summed E-state index contributed by atoms with van der Waals surface area (Å²) in [6.45, 7) is 6.07. The number of benzene rings is 1. The van der Waals surface area contributed by atoms with E-state index in [9.17, 15) is 19.7 Å². The number of rotatable bonds is 3. The van der Waals surface area contributed by atoms with Crippen molar-refractivity contribution in [1.82, 2.24) is 9.63 Å². The first-order valence-corrected chi connectivity index (χ1v) is 9.54. The number of fused-ring (bicyclic) bond motifs is 3. The van der Waals surface area contributed by atoms with E-state index < -0.39 is 16.9 Å². The highest BCUT2D eigenvalue weighted by atomic mass is 16.7. The fraction of sp³-hybridized carbons (Fsp3) is 0.400. The highest BCUT2D eigenvalue weighted by molar-refractivity contribution is 5.96. The zero-order valence-electron chi connectivity index (χ0n) is 16.2. The standard InChI is InChI=1S/C20H21N3O6/c1-12(2)21-9-7-13(8-10-21)19-15-4-3-14(23(26)27)11-16(15)22-20(19)28-17(24)5-6-18(25)29-22/h3-6,11-13H,7-10H2,1-2H3/b6-5-. The lowest BCUT2D eigenvalue weighted by atomic mass is 9.88. The molecule has 1 aromatic heterocycles. The van der Waals surface area contributed by atoms with Crippen LogP contribution in [0.2, 0.25) is 0 Å². The summed E-state index contributed by atoms with van der Waals surface area (Å²) >= 11 is 0. The van der Waals surface area contributed by atoms with Crippen molar-refractivity contribution in [2.75, 3.05) is 13.1 Å². The van der Waals surface area contributed by atoms with Crippen molar-refractivity contribution >= 4 is 28.5 Å². The highest BCUT2D eigenvalue weighted by Gasteiger charge is 2.32. The van der Waals surface area contributed by atoms with Crippen LogP contribution in [0.4, 0.5) is 5.69 Å². The van der Waals surface area contributed by atoms with Gasteiger partial charge in [-0.3, -0.25) is 10.1 Å². The number of piperidine rings is 1. The minimum absolute atomic E-state index is 0.0696. The normalized spacial score (nSPS) is 19.4. The third-order valence-electron chi connectivity index (χ3n) is 5.52. The average Bonchev–Trinajstić information content (AvgIpc) is 2.97. The molecule has 9 nitrogen and oxygen atoms in total. The summed E-state index contributed by atoms with van der Waals surface area (Å²) in [5.74, 6) is -1.26. The van der Waals surface area contributed by atoms with Crippen LogP contribution in [0.3, 0.4) is 0 Å². The van der Waals surface area contributed by atoms with Gasteiger partial charge in [0.25, 0.3) is 5.69 Å². The summed E-state index contributed by atoms with van der Waals surface area (Å²) in [5.41, 5.74) is 0.931. The number of ether oxygens (including phenoxy) is 1. The topological polar surface area (TPSA) is 104 Å². The van der Waals surface area contributed by atoms with Gasteiger partial charge in [0.2, 0.25) is 5.88 Å². The van der Waals surface area contributed by atoms with Crippen LogP contribution in [-0.2, 0) is 9.59 Å². The SMILES string of the molecule is CC(C)N1CCC(c2c3n(c4cc([N+](=O)[O-])ccc24)OC(=O)/C=C\C(=O)O3)CC1. The Morgan fingerprint density at radius 1 is 1.14 bits per heavy atom. The van der Waals surface area contributed by atoms with Crippen LogP contribution in [0.25, 0.3) is 10.9 Å². The van der Waals surface area contributed by atoms with E-state index in [2.05, 4.69) is 18.7 Å². The molecule has 2 aromatic rings. The van der Waals surface area contributed by atoms with Gasteiger partial charge in [-0.15, -0.1) is 4.73 Å². The van der Waals surface area contributed by atoms with Crippen molar-refractivity contribution in [3.63, 3.8) is 0 Å². The van der Waals surface area contributed by atoms with E-state index in [-0.39, 0.29) is 17.5 Å². The van der Waals surface area contributed by atoms with Gasteiger partial charge in [-0.25, -0.2) is 9.59 Å². The predicted molar refractivity (Wildman–Crippen MR) is 104 cm³/mol. The number of non-ortho nitro benzene ring substituents is 1. The van der Waals surface area contributed by atoms with Gasteiger partial charge in [0, 0.05) is 41.3 Å². The molecule has 0 amide bonds. The number of carbonyl (C=O) groups excluding carboxylic acids is 2. The largest absolute Gasteiger partial charge is 0.403 e. The van der Waals surface area contributed by atoms with Crippen LogP contribution in [0.5, 0.6) is 5.88 Å². The Bertz CT molecular complexity index is 1030. The second kappa shape index (κ2) is 7.32. The van der Waals surface area contributed by atoms with Crippen molar-refractivity contribution in [2.45, 2.75) is 38.6 Å². The minimum Gasteiger partial charge on any atom is -0.403 e. The third kappa shape index (κ3) is 3.49. The number of nitrogens with zero attached hydrogens (tertiary/aromatic N) is 3. The molecule has 2 aliphatic heterocycles. The molecule has 1 aromatic carbocycles. The zero-order chi connectivity index (χ0) is 20.7. The first-order valence-electron chi connectivity index (χ1n) is 9.54. The van der Waals surface area contributed by atoms with Crippen molar-refractivity contribution in [2.24, 2.45) is 0 Å². The maximum absolute atomic E-state index is 12.1.